The van der Waals surface area contributed by atoms with Gasteiger partial charge in [-0.2, -0.15) is 0 Å². The second kappa shape index (κ2) is 5.47. The van der Waals surface area contributed by atoms with Crippen LogP contribution in [0, 0.1) is 5.92 Å². The molecule has 0 spiro atoms. The van der Waals surface area contributed by atoms with Crippen molar-refractivity contribution >= 4 is 5.97 Å². The molecule has 3 atom stereocenters. The van der Waals surface area contributed by atoms with Gasteiger partial charge in [-0.05, 0) is 32.6 Å². The zero-order valence-corrected chi connectivity index (χ0v) is 9.69. The Morgan fingerprint density at radius 1 is 1.47 bits per heavy atom. The lowest BCUT2D eigenvalue weighted by atomic mass is 9.80. The second-order valence-corrected chi connectivity index (χ2v) is 4.39. The van der Waals surface area contributed by atoms with Gasteiger partial charge in [-0.25, -0.2) is 0 Å². The van der Waals surface area contributed by atoms with Crippen molar-refractivity contribution in [3.8, 4) is 0 Å². The maximum Gasteiger partial charge on any atom is 0.325 e. The standard InChI is InChI=1S/C11H21NO3/c1-7(9-5-4-6-9)12-10(8(2)13)11(14)15-3/h7-10,12-13H,4-6H2,1-3H3/t7-,8-,10+/m0/s1. The van der Waals surface area contributed by atoms with Crippen LogP contribution in [0.3, 0.4) is 0 Å². The molecule has 88 valence electrons. The number of aliphatic hydroxyl groups excluding tert-OH is 1. The molecule has 0 heterocycles. The molecule has 2 N–H and O–H groups in total. The highest BCUT2D eigenvalue weighted by molar-refractivity contribution is 5.76. The highest BCUT2D eigenvalue weighted by atomic mass is 16.5. The first-order valence-electron chi connectivity index (χ1n) is 5.58. The van der Waals surface area contributed by atoms with Crippen molar-refractivity contribution in [2.75, 3.05) is 7.11 Å². The summed E-state index contributed by atoms with van der Waals surface area (Å²) in [5.41, 5.74) is 0. The van der Waals surface area contributed by atoms with Gasteiger partial charge in [-0.1, -0.05) is 6.42 Å². The van der Waals surface area contributed by atoms with E-state index in [9.17, 15) is 9.90 Å². The predicted octanol–water partition coefficient (Wildman–Crippen LogP) is 0.687. The first-order chi connectivity index (χ1) is 7.06. The van der Waals surface area contributed by atoms with Crippen LogP contribution in [0.15, 0.2) is 0 Å². The summed E-state index contributed by atoms with van der Waals surface area (Å²) >= 11 is 0. The number of carbonyl (C=O) groups is 1. The molecule has 1 aliphatic rings. The Bertz CT molecular complexity index is 214. The molecule has 0 amide bonds. The number of carbonyl (C=O) groups excluding carboxylic acids is 1. The molecule has 1 fully saturated rings. The molecular formula is C11H21NO3. The van der Waals surface area contributed by atoms with Gasteiger partial charge < -0.3 is 9.84 Å². The normalized spacial score (nSPS) is 22.7. The Labute approximate surface area is 91.0 Å². The van der Waals surface area contributed by atoms with Crippen LogP contribution < -0.4 is 5.32 Å². The summed E-state index contributed by atoms with van der Waals surface area (Å²) in [5, 5.41) is 12.6. The van der Waals surface area contributed by atoms with Gasteiger partial charge in [0.2, 0.25) is 0 Å². The number of nitrogens with one attached hydrogen (secondary N) is 1. The van der Waals surface area contributed by atoms with Gasteiger partial charge in [0.15, 0.2) is 0 Å². The molecule has 0 radical (unpaired) electrons. The van der Waals surface area contributed by atoms with Crippen LogP contribution in [0.1, 0.15) is 33.1 Å². The molecule has 1 aliphatic carbocycles. The highest BCUT2D eigenvalue weighted by Crippen LogP contribution is 2.29. The van der Waals surface area contributed by atoms with Gasteiger partial charge in [-0.15, -0.1) is 0 Å². The average Bonchev–Trinajstić information content (AvgIpc) is 2.09. The lowest BCUT2D eigenvalue weighted by Crippen LogP contribution is -2.52. The van der Waals surface area contributed by atoms with Crippen LogP contribution in [0.25, 0.3) is 0 Å². The molecule has 0 aromatic carbocycles. The fourth-order valence-electron chi connectivity index (χ4n) is 1.89. The van der Waals surface area contributed by atoms with Crippen molar-refractivity contribution in [2.45, 2.75) is 51.3 Å². The summed E-state index contributed by atoms with van der Waals surface area (Å²) in [6.07, 6.45) is 2.97. The van der Waals surface area contributed by atoms with Crippen LogP contribution in [0.5, 0.6) is 0 Å². The SMILES string of the molecule is COC(=O)[C@H](N[C@@H](C)C1CCC1)[C@H](C)O. The van der Waals surface area contributed by atoms with Crippen molar-refractivity contribution in [2.24, 2.45) is 5.92 Å². The third-order valence-corrected chi connectivity index (χ3v) is 3.24. The number of aliphatic hydroxyl groups is 1. The summed E-state index contributed by atoms with van der Waals surface area (Å²) < 4.78 is 4.64. The molecule has 4 heteroatoms. The third-order valence-electron chi connectivity index (χ3n) is 3.24. The van der Waals surface area contributed by atoms with E-state index in [2.05, 4.69) is 17.0 Å². The number of methoxy groups -OCH3 is 1. The van der Waals surface area contributed by atoms with Gasteiger partial charge in [-0.3, -0.25) is 10.1 Å². The Hall–Kier alpha value is -0.610. The van der Waals surface area contributed by atoms with Gasteiger partial charge in [0.05, 0.1) is 13.2 Å². The summed E-state index contributed by atoms with van der Waals surface area (Å²) in [6.45, 7) is 3.66. The number of esters is 1. The van der Waals surface area contributed by atoms with Crippen LogP contribution >= 0.6 is 0 Å². The smallest absolute Gasteiger partial charge is 0.325 e. The quantitative estimate of drug-likeness (QED) is 0.662. The fraction of sp³-hybridized carbons (Fsp3) is 0.909. The van der Waals surface area contributed by atoms with Crippen molar-refractivity contribution in [3.05, 3.63) is 0 Å². The molecule has 0 unspecified atom stereocenters. The minimum absolute atomic E-state index is 0.262. The van der Waals surface area contributed by atoms with Crippen molar-refractivity contribution < 1.29 is 14.6 Å². The highest BCUT2D eigenvalue weighted by Gasteiger charge is 2.30. The molecule has 1 rings (SSSR count). The van der Waals surface area contributed by atoms with Gasteiger partial charge >= 0.3 is 5.97 Å². The number of hydrogen-bond acceptors (Lipinski definition) is 4. The number of rotatable bonds is 5. The van der Waals surface area contributed by atoms with Crippen LogP contribution in [0.4, 0.5) is 0 Å². The number of hydrogen-bond donors (Lipinski definition) is 2. The monoisotopic (exact) mass is 215 g/mol. The molecule has 4 nitrogen and oxygen atoms in total. The van der Waals surface area contributed by atoms with E-state index in [-0.39, 0.29) is 6.04 Å². The van der Waals surface area contributed by atoms with Crippen LogP contribution in [0.2, 0.25) is 0 Å². The zero-order valence-electron chi connectivity index (χ0n) is 9.69. The van der Waals surface area contributed by atoms with Crippen LogP contribution in [-0.4, -0.2) is 36.4 Å². The van der Waals surface area contributed by atoms with E-state index in [1.165, 1.54) is 26.4 Å². The Morgan fingerprint density at radius 2 is 2.07 bits per heavy atom. The van der Waals surface area contributed by atoms with Gasteiger partial charge in [0.1, 0.15) is 6.04 Å². The maximum atomic E-state index is 11.4. The molecule has 15 heavy (non-hydrogen) atoms. The lowest BCUT2D eigenvalue weighted by molar-refractivity contribution is -0.146. The minimum atomic E-state index is -0.722. The second-order valence-electron chi connectivity index (χ2n) is 4.39. The zero-order chi connectivity index (χ0) is 11.4. The largest absolute Gasteiger partial charge is 0.468 e. The molecule has 0 aromatic heterocycles. The first-order valence-corrected chi connectivity index (χ1v) is 5.58. The van der Waals surface area contributed by atoms with Gasteiger partial charge in [0, 0.05) is 6.04 Å². The molecule has 0 aromatic rings. The molecule has 0 saturated heterocycles. The summed E-state index contributed by atoms with van der Waals surface area (Å²) in [4.78, 5) is 11.4. The van der Waals surface area contributed by atoms with Crippen molar-refractivity contribution in [1.82, 2.24) is 5.32 Å². The van der Waals surface area contributed by atoms with E-state index >= 15 is 0 Å². The fourth-order valence-corrected chi connectivity index (χ4v) is 1.89. The maximum absolute atomic E-state index is 11.4. The number of ether oxygens (including phenoxy) is 1. The summed E-state index contributed by atoms with van der Waals surface area (Å²) in [5.74, 6) is 0.243. The predicted molar refractivity (Wildman–Crippen MR) is 57.4 cm³/mol. The van der Waals surface area contributed by atoms with E-state index < -0.39 is 18.1 Å². The van der Waals surface area contributed by atoms with Gasteiger partial charge in [0.25, 0.3) is 0 Å². The van der Waals surface area contributed by atoms with E-state index in [1.807, 2.05) is 0 Å². The van der Waals surface area contributed by atoms with E-state index in [0.29, 0.717) is 5.92 Å². The molecule has 0 aliphatic heterocycles. The molecular weight excluding hydrogens is 194 g/mol. The third kappa shape index (κ3) is 3.18. The Morgan fingerprint density at radius 3 is 2.40 bits per heavy atom. The topological polar surface area (TPSA) is 58.6 Å². The first kappa shape index (κ1) is 12.5. The van der Waals surface area contributed by atoms with Crippen LogP contribution in [-0.2, 0) is 9.53 Å². The van der Waals surface area contributed by atoms with E-state index in [0.717, 1.165) is 0 Å². The Balaban J connectivity index is 2.45. The lowest BCUT2D eigenvalue weighted by Gasteiger charge is -2.34. The summed E-state index contributed by atoms with van der Waals surface area (Å²) in [6, 6.07) is -0.344. The molecule has 0 bridgehead atoms. The Kier molecular flexibility index (Phi) is 4.54. The summed E-state index contributed by atoms with van der Waals surface area (Å²) in [7, 11) is 1.34. The molecule has 1 saturated carbocycles. The van der Waals surface area contributed by atoms with E-state index in [1.54, 1.807) is 6.92 Å². The van der Waals surface area contributed by atoms with Crippen molar-refractivity contribution in [1.29, 1.82) is 0 Å². The van der Waals surface area contributed by atoms with E-state index in [4.69, 9.17) is 0 Å². The average molecular weight is 215 g/mol. The minimum Gasteiger partial charge on any atom is -0.468 e. The van der Waals surface area contributed by atoms with Crippen molar-refractivity contribution in [3.63, 3.8) is 0 Å².